The van der Waals surface area contributed by atoms with Crippen LogP contribution in [-0.4, -0.2) is 52.5 Å². The number of sulfonamides is 1. The second-order valence-corrected chi connectivity index (χ2v) is 7.29. The zero-order chi connectivity index (χ0) is 19.9. The molecule has 0 saturated carbocycles. The lowest BCUT2D eigenvalue weighted by molar-refractivity contribution is -0.119. The molecule has 0 bridgehead atoms. The Morgan fingerprint density at radius 2 is 2.07 bits per heavy atom. The van der Waals surface area contributed by atoms with E-state index in [0.29, 0.717) is 11.3 Å². The lowest BCUT2D eigenvalue weighted by atomic mass is 10.2. The highest BCUT2D eigenvalue weighted by atomic mass is 32.2. The van der Waals surface area contributed by atoms with E-state index in [4.69, 9.17) is 9.47 Å². The van der Waals surface area contributed by atoms with Crippen molar-refractivity contribution >= 4 is 27.8 Å². The number of carbonyl (C=O) groups excluding carboxylic acids is 1. The largest absolute Gasteiger partial charge is 0.497 e. The lowest BCUT2D eigenvalue weighted by Crippen LogP contribution is -2.39. The smallest absolute Gasteiger partial charge is 0.260 e. The van der Waals surface area contributed by atoms with Gasteiger partial charge in [-0.1, -0.05) is 6.07 Å². The van der Waals surface area contributed by atoms with Gasteiger partial charge in [0, 0.05) is 24.0 Å². The van der Waals surface area contributed by atoms with E-state index >= 15 is 0 Å². The first-order valence-corrected chi connectivity index (χ1v) is 9.61. The summed E-state index contributed by atoms with van der Waals surface area (Å²) in [6.07, 6.45) is 5.59. The van der Waals surface area contributed by atoms with Gasteiger partial charge in [0.2, 0.25) is 10.0 Å². The highest BCUT2D eigenvalue weighted by Gasteiger charge is 2.24. The van der Waals surface area contributed by atoms with Crippen molar-refractivity contribution < 1.29 is 22.7 Å². The van der Waals surface area contributed by atoms with E-state index in [0.717, 1.165) is 10.6 Å². The molecule has 0 fully saturated rings. The topological polar surface area (TPSA) is 110 Å². The minimum Gasteiger partial charge on any atom is -0.497 e. The fourth-order valence-electron chi connectivity index (χ4n) is 2.17. The Labute approximate surface area is 157 Å². The van der Waals surface area contributed by atoms with Gasteiger partial charge in [0.1, 0.15) is 18.0 Å². The number of amides is 1. The van der Waals surface area contributed by atoms with E-state index in [1.807, 2.05) is 0 Å². The Morgan fingerprint density at radius 3 is 2.67 bits per heavy atom. The Balaban J connectivity index is 2.18. The van der Waals surface area contributed by atoms with Crippen molar-refractivity contribution in [1.82, 2.24) is 10.4 Å². The van der Waals surface area contributed by atoms with Crippen LogP contribution in [0.3, 0.4) is 0 Å². The minimum absolute atomic E-state index is 0.215. The maximum Gasteiger partial charge on any atom is 0.260 e. The Kier molecular flexibility index (Phi) is 6.72. The summed E-state index contributed by atoms with van der Waals surface area (Å²) < 4.78 is 35.7. The van der Waals surface area contributed by atoms with Crippen LogP contribution in [0.2, 0.25) is 0 Å². The standard InChI is InChI=1S/C17H20N4O5S/c1-25-14-6-7-15(16(9-14)26-2)21(27(3,23)24)12-17(22)20-19-11-13-5-4-8-18-10-13/h4-11H,12H2,1-3H3,(H,20,22)/b19-11-. The molecule has 1 heterocycles. The summed E-state index contributed by atoms with van der Waals surface area (Å²) in [4.78, 5) is 16.1. The third-order valence-electron chi connectivity index (χ3n) is 3.43. The quantitative estimate of drug-likeness (QED) is 0.530. The van der Waals surface area contributed by atoms with E-state index in [1.165, 1.54) is 32.6 Å². The monoisotopic (exact) mass is 392 g/mol. The first-order valence-electron chi connectivity index (χ1n) is 7.77. The fourth-order valence-corrected chi connectivity index (χ4v) is 3.03. The van der Waals surface area contributed by atoms with E-state index < -0.39 is 22.5 Å². The third-order valence-corrected chi connectivity index (χ3v) is 4.56. The molecule has 9 nitrogen and oxygen atoms in total. The average molecular weight is 392 g/mol. The number of rotatable bonds is 8. The number of hydrogen-bond acceptors (Lipinski definition) is 7. The summed E-state index contributed by atoms with van der Waals surface area (Å²) in [5.41, 5.74) is 3.20. The second kappa shape index (κ2) is 8.99. The number of aromatic nitrogens is 1. The number of methoxy groups -OCH3 is 2. The van der Waals surface area contributed by atoms with Crippen LogP contribution in [0.1, 0.15) is 5.56 Å². The van der Waals surface area contributed by atoms with Crippen molar-refractivity contribution in [1.29, 1.82) is 0 Å². The molecule has 144 valence electrons. The Morgan fingerprint density at radius 1 is 1.30 bits per heavy atom. The molecule has 0 aliphatic rings. The molecule has 10 heteroatoms. The molecule has 2 aromatic rings. The predicted octanol–water partition coefficient (Wildman–Crippen LogP) is 1.02. The van der Waals surface area contributed by atoms with Crippen LogP contribution in [0.4, 0.5) is 5.69 Å². The number of benzene rings is 1. The second-order valence-electron chi connectivity index (χ2n) is 5.39. The van der Waals surface area contributed by atoms with Crippen LogP contribution in [0, 0.1) is 0 Å². The molecule has 1 aromatic heterocycles. The highest BCUT2D eigenvalue weighted by Crippen LogP contribution is 2.33. The zero-order valence-electron chi connectivity index (χ0n) is 15.1. The van der Waals surface area contributed by atoms with Gasteiger partial charge >= 0.3 is 0 Å². The average Bonchev–Trinajstić information content (AvgIpc) is 2.65. The van der Waals surface area contributed by atoms with E-state index in [1.54, 1.807) is 30.6 Å². The normalized spacial score (nSPS) is 11.2. The van der Waals surface area contributed by atoms with Crippen molar-refractivity contribution in [2.75, 3.05) is 31.3 Å². The molecule has 0 atom stereocenters. The molecule has 1 amide bonds. The lowest BCUT2D eigenvalue weighted by Gasteiger charge is -2.23. The number of ether oxygens (including phenoxy) is 2. The van der Waals surface area contributed by atoms with Crippen molar-refractivity contribution in [2.45, 2.75) is 0 Å². The van der Waals surface area contributed by atoms with Gasteiger partial charge in [-0.3, -0.25) is 14.1 Å². The molecule has 0 saturated heterocycles. The molecule has 2 rings (SSSR count). The first-order chi connectivity index (χ1) is 12.8. The van der Waals surface area contributed by atoms with Gasteiger partial charge in [0.25, 0.3) is 5.91 Å². The van der Waals surface area contributed by atoms with Crippen LogP contribution in [0.5, 0.6) is 11.5 Å². The van der Waals surface area contributed by atoms with Crippen molar-refractivity contribution in [3.63, 3.8) is 0 Å². The highest BCUT2D eigenvalue weighted by molar-refractivity contribution is 7.92. The number of hydrogen-bond donors (Lipinski definition) is 1. The number of pyridine rings is 1. The van der Waals surface area contributed by atoms with Gasteiger partial charge in [0.05, 0.1) is 32.4 Å². The van der Waals surface area contributed by atoms with Crippen LogP contribution in [0.15, 0.2) is 47.8 Å². The Bertz CT molecular complexity index is 916. The summed E-state index contributed by atoms with van der Waals surface area (Å²) in [5.74, 6) is 0.138. The molecule has 0 radical (unpaired) electrons. The van der Waals surface area contributed by atoms with E-state index in [2.05, 4.69) is 15.5 Å². The SMILES string of the molecule is COc1ccc(N(CC(=O)N/N=C\c2cccnc2)S(C)(=O)=O)c(OC)c1. The van der Waals surface area contributed by atoms with Gasteiger partial charge < -0.3 is 9.47 Å². The van der Waals surface area contributed by atoms with Crippen molar-refractivity contribution in [2.24, 2.45) is 5.10 Å². The minimum atomic E-state index is -3.75. The van der Waals surface area contributed by atoms with Crippen molar-refractivity contribution in [3.8, 4) is 11.5 Å². The molecule has 1 aromatic carbocycles. The van der Waals surface area contributed by atoms with Crippen LogP contribution < -0.4 is 19.2 Å². The number of carbonyl (C=O) groups is 1. The molecular formula is C17H20N4O5S. The molecular weight excluding hydrogens is 372 g/mol. The van der Waals surface area contributed by atoms with E-state index in [9.17, 15) is 13.2 Å². The summed E-state index contributed by atoms with van der Waals surface area (Å²) in [6, 6.07) is 8.10. The van der Waals surface area contributed by atoms with Crippen molar-refractivity contribution in [3.05, 3.63) is 48.3 Å². The summed E-state index contributed by atoms with van der Waals surface area (Å²) in [6.45, 7) is -0.466. The zero-order valence-corrected chi connectivity index (χ0v) is 15.9. The molecule has 1 N–H and O–H groups in total. The molecule has 0 spiro atoms. The molecule has 27 heavy (non-hydrogen) atoms. The number of nitrogens with one attached hydrogen (secondary N) is 1. The van der Waals surface area contributed by atoms with Gasteiger partial charge in [0.15, 0.2) is 0 Å². The number of hydrazone groups is 1. The van der Waals surface area contributed by atoms with Crippen LogP contribution >= 0.6 is 0 Å². The Hall–Kier alpha value is -3.14. The number of anilines is 1. The van der Waals surface area contributed by atoms with Gasteiger partial charge in [-0.05, 0) is 18.2 Å². The molecule has 0 aliphatic carbocycles. The molecule has 0 aliphatic heterocycles. The van der Waals surface area contributed by atoms with Crippen LogP contribution in [-0.2, 0) is 14.8 Å². The maximum absolute atomic E-state index is 12.2. The fraction of sp³-hybridized carbons (Fsp3) is 0.235. The summed E-state index contributed by atoms with van der Waals surface area (Å²) in [5, 5.41) is 3.80. The number of nitrogens with zero attached hydrogens (tertiary/aromatic N) is 3. The summed E-state index contributed by atoms with van der Waals surface area (Å²) in [7, 11) is -0.870. The summed E-state index contributed by atoms with van der Waals surface area (Å²) >= 11 is 0. The van der Waals surface area contributed by atoms with Gasteiger partial charge in [-0.25, -0.2) is 13.8 Å². The van der Waals surface area contributed by atoms with Gasteiger partial charge in [-0.2, -0.15) is 5.10 Å². The van der Waals surface area contributed by atoms with E-state index in [-0.39, 0.29) is 11.4 Å². The van der Waals surface area contributed by atoms with Gasteiger partial charge in [-0.15, -0.1) is 0 Å². The third kappa shape index (κ3) is 5.68. The van der Waals surface area contributed by atoms with Crippen LogP contribution in [0.25, 0.3) is 0 Å². The maximum atomic E-state index is 12.2. The molecule has 0 unspecified atom stereocenters. The first kappa shape index (κ1) is 20.2. The predicted molar refractivity (Wildman–Crippen MR) is 102 cm³/mol.